The molecule has 0 saturated carbocycles. The van der Waals surface area contributed by atoms with Gasteiger partial charge in [-0.3, -0.25) is 4.90 Å². The standard InChI is InChI=1S/C17H26N2O4S/c1-4-23-16-6-5-13(2)7-17(16)24(20,21)19-9-14-8-18(3)15(10-19)12-22-11-14/h5-7,14-15H,4,8-12H2,1-3H3/t14-,15+/m1/s1. The summed E-state index contributed by atoms with van der Waals surface area (Å²) in [5.41, 5.74) is 0.910. The molecule has 0 aromatic heterocycles. The van der Waals surface area contributed by atoms with Gasteiger partial charge in [0.2, 0.25) is 10.0 Å². The van der Waals surface area contributed by atoms with Gasteiger partial charge in [0.25, 0.3) is 0 Å². The van der Waals surface area contributed by atoms with Crippen molar-refractivity contribution in [3.63, 3.8) is 0 Å². The Kier molecular flexibility index (Phi) is 5.15. The molecule has 3 rings (SSSR count). The average molecular weight is 354 g/mol. The molecule has 0 N–H and O–H groups in total. The second-order valence-electron chi connectivity index (χ2n) is 6.70. The molecule has 0 amide bonds. The maximum atomic E-state index is 13.3. The molecule has 2 bridgehead atoms. The molecule has 0 aliphatic carbocycles. The van der Waals surface area contributed by atoms with Crippen molar-refractivity contribution < 1.29 is 17.9 Å². The molecule has 0 unspecified atom stereocenters. The van der Waals surface area contributed by atoms with Gasteiger partial charge in [0, 0.05) is 31.6 Å². The molecule has 7 heteroatoms. The number of ether oxygens (including phenoxy) is 2. The lowest BCUT2D eigenvalue weighted by atomic mass is 10.1. The second kappa shape index (κ2) is 7.00. The van der Waals surface area contributed by atoms with Crippen LogP contribution in [0.1, 0.15) is 12.5 Å². The quantitative estimate of drug-likeness (QED) is 0.817. The highest BCUT2D eigenvalue weighted by atomic mass is 32.2. The highest BCUT2D eigenvalue weighted by Gasteiger charge is 2.38. The third kappa shape index (κ3) is 3.44. The highest BCUT2D eigenvalue weighted by Crippen LogP contribution is 2.30. The zero-order valence-electron chi connectivity index (χ0n) is 14.6. The van der Waals surface area contributed by atoms with Crippen molar-refractivity contribution in [2.75, 3.05) is 46.5 Å². The van der Waals surface area contributed by atoms with E-state index in [1.54, 1.807) is 16.4 Å². The van der Waals surface area contributed by atoms with E-state index in [-0.39, 0.29) is 16.9 Å². The van der Waals surface area contributed by atoms with Crippen LogP contribution in [0.15, 0.2) is 23.1 Å². The van der Waals surface area contributed by atoms with E-state index in [0.717, 1.165) is 12.1 Å². The molecule has 1 aromatic carbocycles. The molecule has 1 aromatic rings. The molecule has 24 heavy (non-hydrogen) atoms. The zero-order valence-corrected chi connectivity index (χ0v) is 15.4. The summed E-state index contributed by atoms with van der Waals surface area (Å²) >= 11 is 0. The number of nitrogens with zero attached hydrogens (tertiary/aromatic N) is 2. The minimum atomic E-state index is -3.60. The predicted molar refractivity (Wildman–Crippen MR) is 91.8 cm³/mol. The van der Waals surface area contributed by atoms with Gasteiger partial charge >= 0.3 is 0 Å². The number of benzene rings is 1. The molecular formula is C17H26N2O4S. The van der Waals surface area contributed by atoms with Gasteiger partial charge in [-0.2, -0.15) is 4.31 Å². The van der Waals surface area contributed by atoms with Gasteiger partial charge in [0.05, 0.1) is 19.8 Å². The number of fused-ring (bicyclic) bond motifs is 3. The van der Waals surface area contributed by atoms with Gasteiger partial charge in [-0.25, -0.2) is 8.42 Å². The molecule has 0 spiro atoms. The van der Waals surface area contributed by atoms with Crippen molar-refractivity contribution in [1.29, 1.82) is 0 Å². The zero-order chi connectivity index (χ0) is 17.3. The summed E-state index contributed by atoms with van der Waals surface area (Å²) in [6.07, 6.45) is 0. The highest BCUT2D eigenvalue weighted by molar-refractivity contribution is 7.89. The topological polar surface area (TPSA) is 59.1 Å². The number of aryl methyl sites for hydroxylation is 1. The molecule has 6 nitrogen and oxygen atoms in total. The van der Waals surface area contributed by atoms with E-state index in [9.17, 15) is 8.42 Å². The van der Waals surface area contributed by atoms with E-state index in [0.29, 0.717) is 38.7 Å². The molecule has 0 radical (unpaired) electrons. The van der Waals surface area contributed by atoms with Crippen molar-refractivity contribution in [3.8, 4) is 5.75 Å². The first-order valence-electron chi connectivity index (χ1n) is 8.43. The van der Waals surface area contributed by atoms with E-state index in [4.69, 9.17) is 9.47 Å². The Hall–Kier alpha value is -1.15. The van der Waals surface area contributed by atoms with E-state index in [2.05, 4.69) is 4.90 Å². The number of likely N-dealkylation sites (N-methyl/N-ethyl adjacent to an activating group) is 1. The van der Waals surface area contributed by atoms with E-state index in [1.165, 1.54) is 0 Å². The largest absolute Gasteiger partial charge is 0.492 e. The average Bonchev–Trinajstić information content (AvgIpc) is 2.78. The van der Waals surface area contributed by atoms with Gasteiger partial charge in [0.15, 0.2) is 0 Å². The molecule has 2 atom stereocenters. The summed E-state index contributed by atoms with van der Waals surface area (Å²) in [4.78, 5) is 2.49. The summed E-state index contributed by atoms with van der Waals surface area (Å²) in [6.45, 7) is 7.18. The molecule has 2 aliphatic heterocycles. The van der Waals surface area contributed by atoms with E-state index < -0.39 is 10.0 Å². The molecule has 2 aliphatic rings. The summed E-state index contributed by atoms with van der Waals surface area (Å²) in [5.74, 6) is 0.625. The van der Waals surface area contributed by atoms with E-state index in [1.807, 2.05) is 27.0 Å². The number of sulfonamides is 1. The Bertz CT molecular complexity index is 692. The van der Waals surface area contributed by atoms with Crippen molar-refractivity contribution in [1.82, 2.24) is 9.21 Å². The van der Waals surface area contributed by atoms with Crippen LogP contribution >= 0.6 is 0 Å². The minimum Gasteiger partial charge on any atom is -0.492 e. The van der Waals surface area contributed by atoms with Gasteiger partial charge < -0.3 is 9.47 Å². The molecule has 2 heterocycles. The van der Waals surface area contributed by atoms with Crippen LogP contribution in [-0.4, -0.2) is 70.2 Å². The van der Waals surface area contributed by atoms with Crippen LogP contribution in [0.2, 0.25) is 0 Å². The first-order chi connectivity index (χ1) is 11.4. The van der Waals surface area contributed by atoms with Crippen LogP contribution in [0.25, 0.3) is 0 Å². The lowest BCUT2D eigenvalue weighted by molar-refractivity contribution is 0.0727. The Morgan fingerprint density at radius 2 is 2.04 bits per heavy atom. The van der Waals surface area contributed by atoms with Crippen molar-refractivity contribution in [2.24, 2.45) is 5.92 Å². The first-order valence-corrected chi connectivity index (χ1v) is 9.87. The maximum Gasteiger partial charge on any atom is 0.246 e. The third-order valence-electron chi connectivity index (χ3n) is 4.73. The SMILES string of the molecule is CCOc1ccc(C)cc1S(=O)(=O)N1C[C@@H]2COC[C@H](C1)N(C)C2. The van der Waals surface area contributed by atoms with Gasteiger partial charge in [-0.05, 0) is 38.6 Å². The van der Waals surface area contributed by atoms with Crippen molar-refractivity contribution in [3.05, 3.63) is 23.8 Å². The fourth-order valence-corrected chi connectivity index (χ4v) is 5.20. The smallest absolute Gasteiger partial charge is 0.246 e. The lowest BCUT2D eigenvalue weighted by Crippen LogP contribution is -2.44. The summed E-state index contributed by atoms with van der Waals surface area (Å²) in [5, 5.41) is 0. The van der Waals surface area contributed by atoms with Gasteiger partial charge in [0.1, 0.15) is 10.6 Å². The molecular weight excluding hydrogens is 328 g/mol. The second-order valence-corrected chi connectivity index (χ2v) is 8.61. The molecule has 2 saturated heterocycles. The van der Waals surface area contributed by atoms with Crippen LogP contribution in [-0.2, 0) is 14.8 Å². The molecule has 134 valence electrons. The monoisotopic (exact) mass is 354 g/mol. The van der Waals surface area contributed by atoms with E-state index >= 15 is 0 Å². The number of rotatable bonds is 4. The first kappa shape index (κ1) is 17.7. The van der Waals surface area contributed by atoms with Gasteiger partial charge in [-0.15, -0.1) is 0 Å². The Labute approximate surface area is 144 Å². The summed E-state index contributed by atoms with van der Waals surface area (Å²) < 4.78 is 39.5. The van der Waals surface area contributed by atoms with Crippen LogP contribution in [0.5, 0.6) is 5.75 Å². The fraction of sp³-hybridized carbons (Fsp3) is 0.647. The third-order valence-corrected chi connectivity index (χ3v) is 6.58. The van der Waals surface area contributed by atoms with Crippen LogP contribution in [0.3, 0.4) is 0 Å². The van der Waals surface area contributed by atoms with Gasteiger partial charge in [-0.1, -0.05) is 6.07 Å². The summed E-state index contributed by atoms with van der Waals surface area (Å²) in [6, 6.07) is 5.43. The Morgan fingerprint density at radius 1 is 1.25 bits per heavy atom. The number of hydrogen-bond donors (Lipinski definition) is 0. The van der Waals surface area contributed by atoms with Crippen LogP contribution < -0.4 is 4.74 Å². The predicted octanol–water partition coefficient (Wildman–Crippen LogP) is 1.34. The lowest BCUT2D eigenvalue weighted by Gasteiger charge is -2.29. The maximum absolute atomic E-state index is 13.3. The van der Waals surface area contributed by atoms with Crippen molar-refractivity contribution >= 4 is 10.0 Å². The number of hydrogen-bond acceptors (Lipinski definition) is 5. The summed E-state index contributed by atoms with van der Waals surface area (Å²) in [7, 11) is -1.56. The van der Waals surface area contributed by atoms with Crippen LogP contribution in [0.4, 0.5) is 0 Å². The van der Waals surface area contributed by atoms with Crippen LogP contribution in [0, 0.1) is 12.8 Å². The van der Waals surface area contributed by atoms with Crippen molar-refractivity contribution in [2.45, 2.75) is 24.8 Å². The Morgan fingerprint density at radius 3 is 2.79 bits per heavy atom. The molecule has 2 fully saturated rings. The minimum absolute atomic E-state index is 0.0904. The fourth-order valence-electron chi connectivity index (χ4n) is 3.43. The normalized spacial score (nSPS) is 26.1. The Balaban J connectivity index is 1.97.